The average molecular weight is 276 g/mol. The molecule has 0 radical (unpaired) electrons. The number of likely N-dealkylation sites (tertiary alicyclic amines) is 1. The molecular weight excluding hydrogens is 248 g/mol. The number of nitrogens with two attached hydrogens (primary N) is 2. The topological polar surface area (TPSA) is 68.2 Å². The van der Waals surface area contributed by atoms with Gasteiger partial charge >= 0.3 is 0 Å². The monoisotopic (exact) mass is 276 g/mol. The highest BCUT2D eigenvalue weighted by molar-refractivity contribution is 5.47. The molecule has 0 bridgehead atoms. The predicted octanol–water partition coefficient (Wildman–Crippen LogP) is 2.63. The number of hydrogen-bond donors (Lipinski definition) is 2. The zero-order valence-corrected chi connectivity index (χ0v) is 13.0. The van der Waals surface area contributed by atoms with Crippen LogP contribution < -0.4 is 11.5 Å². The minimum Gasteiger partial charge on any atom is -0.383 e. The van der Waals surface area contributed by atoms with Gasteiger partial charge in [0.15, 0.2) is 0 Å². The van der Waals surface area contributed by atoms with Gasteiger partial charge in [-0.05, 0) is 58.3 Å². The lowest BCUT2D eigenvalue weighted by molar-refractivity contribution is 0.0979. The highest BCUT2D eigenvalue weighted by Gasteiger charge is 2.36. The first kappa shape index (κ1) is 15.3. The second kappa shape index (κ2) is 6.10. The quantitative estimate of drug-likeness (QED) is 0.890. The zero-order valence-electron chi connectivity index (χ0n) is 13.0. The van der Waals surface area contributed by atoms with Gasteiger partial charge in [-0.1, -0.05) is 12.8 Å². The molecule has 1 aliphatic rings. The van der Waals surface area contributed by atoms with Crippen LogP contribution in [-0.4, -0.2) is 28.5 Å². The lowest BCUT2D eigenvalue weighted by atomic mass is 9.85. The summed E-state index contributed by atoms with van der Waals surface area (Å²) >= 11 is 0. The van der Waals surface area contributed by atoms with Crippen LogP contribution in [0.1, 0.15) is 56.7 Å². The summed E-state index contributed by atoms with van der Waals surface area (Å²) in [4.78, 5) is 6.74. The fourth-order valence-corrected chi connectivity index (χ4v) is 3.19. The molecule has 20 heavy (non-hydrogen) atoms. The number of aromatic nitrogens is 1. The van der Waals surface area contributed by atoms with E-state index in [9.17, 15) is 0 Å². The van der Waals surface area contributed by atoms with E-state index in [1.807, 2.05) is 6.07 Å². The molecule has 0 amide bonds. The maximum Gasteiger partial charge on any atom is 0.128 e. The van der Waals surface area contributed by atoms with Gasteiger partial charge in [0.1, 0.15) is 5.82 Å². The fraction of sp³-hybridized carbons (Fsp3) is 0.688. The normalized spacial score (nSPS) is 19.6. The Hall–Kier alpha value is -1.13. The summed E-state index contributed by atoms with van der Waals surface area (Å²) < 4.78 is 0. The van der Waals surface area contributed by atoms with E-state index in [4.69, 9.17) is 11.5 Å². The highest BCUT2D eigenvalue weighted by Crippen LogP contribution is 2.34. The maximum absolute atomic E-state index is 6.59. The lowest BCUT2D eigenvalue weighted by Gasteiger charge is -2.43. The van der Waals surface area contributed by atoms with Crippen molar-refractivity contribution in [2.45, 2.75) is 58.0 Å². The van der Waals surface area contributed by atoms with E-state index in [2.05, 4.69) is 30.7 Å². The Morgan fingerprint density at radius 3 is 2.35 bits per heavy atom. The van der Waals surface area contributed by atoms with Crippen LogP contribution >= 0.6 is 0 Å². The van der Waals surface area contributed by atoms with Gasteiger partial charge in [0.2, 0.25) is 0 Å². The molecule has 1 unspecified atom stereocenters. The second-order valence-corrected chi connectivity index (χ2v) is 6.46. The summed E-state index contributed by atoms with van der Waals surface area (Å²) in [5.74, 6) is 0.570. The standard InChI is InChI=1S/C16H28N4/c1-12-8-9-19-15(18)13(12)14(17)16(2,3)20-10-6-4-5-7-11-20/h8-9,14H,4-7,10-11,17H2,1-3H3,(H2,18,19). The van der Waals surface area contributed by atoms with Crippen molar-refractivity contribution in [3.63, 3.8) is 0 Å². The molecule has 0 aromatic carbocycles. The molecule has 1 fully saturated rings. The van der Waals surface area contributed by atoms with Gasteiger partial charge in [0, 0.05) is 17.3 Å². The first-order chi connectivity index (χ1) is 9.44. The van der Waals surface area contributed by atoms with Gasteiger partial charge in [0.05, 0.1) is 6.04 Å². The fourth-order valence-electron chi connectivity index (χ4n) is 3.19. The molecule has 1 atom stereocenters. The van der Waals surface area contributed by atoms with Gasteiger partial charge in [-0.3, -0.25) is 4.90 Å². The molecule has 112 valence electrons. The Kier molecular flexibility index (Phi) is 4.66. The molecule has 2 heterocycles. The smallest absolute Gasteiger partial charge is 0.128 e. The minimum atomic E-state index is -0.116. The van der Waals surface area contributed by atoms with Gasteiger partial charge in [0.25, 0.3) is 0 Å². The molecule has 1 aliphatic heterocycles. The molecular formula is C16H28N4. The number of aryl methyl sites for hydroxylation is 1. The molecule has 4 heteroatoms. The Morgan fingerprint density at radius 1 is 1.20 bits per heavy atom. The summed E-state index contributed by atoms with van der Waals surface area (Å²) in [6.45, 7) is 8.77. The third-order valence-corrected chi connectivity index (χ3v) is 4.73. The number of hydrogen-bond acceptors (Lipinski definition) is 4. The summed E-state index contributed by atoms with van der Waals surface area (Å²) in [6.07, 6.45) is 6.93. The Morgan fingerprint density at radius 2 is 1.80 bits per heavy atom. The summed E-state index contributed by atoms with van der Waals surface area (Å²) in [6, 6.07) is 1.87. The second-order valence-electron chi connectivity index (χ2n) is 6.46. The van der Waals surface area contributed by atoms with Crippen molar-refractivity contribution in [3.05, 3.63) is 23.4 Å². The first-order valence-corrected chi connectivity index (χ1v) is 7.66. The van der Waals surface area contributed by atoms with Crippen LogP contribution in [0.2, 0.25) is 0 Å². The van der Waals surface area contributed by atoms with Crippen LogP contribution in [0.4, 0.5) is 5.82 Å². The zero-order chi connectivity index (χ0) is 14.8. The number of nitrogen functional groups attached to an aromatic ring is 1. The molecule has 2 rings (SSSR count). The van der Waals surface area contributed by atoms with Crippen molar-refractivity contribution in [1.82, 2.24) is 9.88 Å². The average Bonchev–Trinajstić information content (AvgIpc) is 2.67. The Labute approximate surface area is 122 Å². The van der Waals surface area contributed by atoms with Crippen LogP contribution in [0, 0.1) is 6.92 Å². The van der Waals surface area contributed by atoms with Crippen LogP contribution in [0.15, 0.2) is 12.3 Å². The summed E-state index contributed by atoms with van der Waals surface area (Å²) in [7, 11) is 0. The Balaban J connectivity index is 2.27. The van der Waals surface area contributed by atoms with Gasteiger partial charge in [-0.2, -0.15) is 0 Å². The highest BCUT2D eigenvalue weighted by atomic mass is 15.2. The first-order valence-electron chi connectivity index (χ1n) is 7.66. The van der Waals surface area contributed by atoms with E-state index in [1.165, 1.54) is 25.7 Å². The number of nitrogens with zero attached hydrogens (tertiary/aromatic N) is 2. The van der Waals surface area contributed by atoms with Crippen molar-refractivity contribution < 1.29 is 0 Å². The Bertz CT molecular complexity index is 428. The molecule has 1 aromatic heterocycles. The van der Waals surface area contributed by atoms with Crippen molar-refractivity contribution in [3.8, 4) is 0 Å². The van der Waals surface area contributed by atoms with E-state index in [0.717, 1.165) is 24.2 Å². The molecule has 0 aliphatic carbocycles. The van der Waals surface area contributed by atoms with E-state index in [1.54, 1.807) is 6.20 Å². The van der Waals surface area contributed by atoms with Gasteiger partial charge in [-0.25, -0.2) is 4.98 Å². The maximum atomic E-state index is 6.59. The SMILES string of the molecule is Cc1ccnc(N)c1C(N)C(C)(C)N1CCCCCC1. The minimum absolute atomic E-state index is 0.105. The third kappa shape index (κ3) is 2.96. The number of rotatable bonds is 3. The molecule has 1 aromatic rings. The van der Waals surface area contributed by atoms with Crippen molar-refractivity contribution >= 4 is 5.82 Å². The van der Waals surface area contributed by atoms with E-state index < -0.39 is 0 Å². The van der Waals surface area contributed by atoms with Crippen LogP contribution in [0.25, 0.3) is 0 Å². The van der Waals surface area contributed by atoms with Crippen LogP contribution in [0.3, 0.4) is 0 Å². The van der Waals surface area contributed by atoms with E-state index >= 15 is 0 Å². The molecule has 1 saturated heterocycles. The summed E-state index contributed by atoms with van der Waals surface area (Å²) in [5, 5.41) is 0. The lowest BCUT2D eigenvalue weighted by Crippen LogP contribution is -2.52. The van der Waals surface area contributed by atoms with Crippen molar-refractivity contribution in [2.24, 2.45) is 5.73 Å². The largest absolute Gasteiger partial charge is 0.383 e. The molecule has 0 spiro atoms. The molecule has 4 nitrogen and oxygen atoms in total. The van der Waals surface area contributed by atoms with E-state index in [-0.39, 0.29) is 11.6 Å². The van der Waals surface area contributed by atoms with Crippen molar-refractivity contribution in [1.29, 1.82) is 0 Å². The molecule has 4 N–H and O–H groups in total. The van der Waals surface area contributed by atoms with Gasteiger partial charge in [-0.15, -0.1) is 0 Å². The predicted molar refractivity (Wildman–Crippen MR) is 84.4 cm³/mol. The van der Waals surface area contributed by atoms with E-state index in [0.29, 0.717) is 5.82 Å². The number of pyridine rings is 1. The third-order valence-electron chi connectivity index (χ3n) is 4.73. The summed E-state index contributed by atoms with van der Waals surface area (Å²) in [5.41, 5.74) is 14.7. The van der Waals surface area contributed by atoms with Crippen molar-refractivity contribution in [2.75, 3.05) is 18.8 Å². The number of anilines is 1. The van der Waals surface area contributed by atoms with Gasteiger partial charge < -0.3 is 11.5 Å². The molecule has 0 saturated carbocycles. The van der Waals surface area contributed by atoms with Crippen LogP contribution in [-0.2, 0) is 0 Å². The van der Waals surface area contributed by atoms with Crippen LogP contribution in [0.5, 0.6) is 0 Å².